The van der Waals surface area contributed by atoms with Crippen LogP contribution < -0.4 is 0 Å². The molecule has 0 spiro atoms. The second-order valence-electron chi connectivity index (χ2n) is 6.38. The molecule has 3 aliphatic heterocycles. The van der Waals surface area contributed by atoms with Gasteiger partial charge < -0.3 is 9.47 Å². The van der Waals surface area contributed by atoms with Gasteiger partial charge >= 0.3 is 0 Å². The molecular formula is C16H24N2O2S. The molecule has 1 aromatic heterocycles. The summed E-state index contributed by atoms with van der Waals surface area (Å²) < 4.78 is 11.8. The van der Waals surface area contributed by atoms with Crippen LogP contribution in [0.2, 0.25) is 0 Å². The first-order valence-electron chi connectivity index (χ1n) is 8.10. The monoisotopic (exact) mass is 308 g/mol. The lowest BCUT2D eigenvalue weighted by Crippen LogP contribution is -2.52. The molecule has 5 heteroatoms. The number of fused-ring (bicyclic) bond motifs is 1. The maximum Gasteiger partial charge on any atom is 0.0870 e. The fourth-order valence-electron chi connectivity index (χ4n) is 3.86. The van der Waals surface area contributed by atoms with Gasteiger partial charge in [0, 0.05) is 50.2 Å². The normalized spacial score (nSPS) is 34.4. The van der Waals surface area contributed by atoms with Crippen LogP contribution in [0.1, 0.15) is 17.7 Å². The van der Waals surface area contributed by atoms with Crippen LogP contribution >= 0.6 is 11.3 Å². The SMILES string of the molecule is c1csc(CN2C[C@@H]3OCCN(CC4CCCO4)[C@@H]3C2)c1. The number of thiophene rings is 1. The summed E-state index contributed by atoms with van der Waals surface area (Å²) in [6.45, 7) is 7.27. The second-order valence-corrected chi connectivity index (χ2v) is 7.41. The Balaban J connectivity index is 1.37. The molecule has 4 rings (SSSR count). The van der Waals surface area contributed by atoms with Gasteiger partial charge in [-0.1, -0.05) is 6.07 Å². The zero-order chi connectivity index (χ0) is 14.1. The van der Waals surface area contributed by atoms with E-state index in [0.717, 1.165) is 45.9 Å². The van der Waals surface area contributed by atoms with Gasteiger partial charge in [0.1, 0.15) is 0 Å². The van der Waals surface area contributed by atoms with Crippen molar-refractivity contribution in [1.29, 1.82) is 0 Å². The number of morpholine rings is 1. The molecule has 0 amide bonds. The van der Waals surface area contributed by atoms with E-state index in [0.29, 0.717) is 18.2 Å². The molecule has 0 aromatic carbocycles. The minimum absolute atomic E-state index is 0.389. The molecule has 3 aliphatic rings. The Morgan fingerprint density at radius 3 is 3.05 bits per heavy atom. The van der Waals surface area contributed by atoms with E-state index < -0.39 is 0 Å². The zero-order valence-electron chi connectivity index (χ0n) is 12.4. The quantitative estimate of drug-likeness (QED) is 0.847. The van der Waals surface area contributed by atoms with Gasteiger partial charge in [0.25, 0.3) is 0 Å². The Bertz CT molecular complexity index is 447. The minimum Gasteiger partial charge on any atom is -0.377 e. The molecule has 3 fully saturated rings. The van der Waals surface area contributed by atoms with Crippen LogP contribution in [0, 0.1) is 0 Å². The van der Waals surface area contributed by atoms with Crippen molar-refractivity contribution in [3.63, 3.8) is 0 Å². The van der Waals surface area contributed by atoms with Crippen LogP contribution in [-0.4, -0.2) is 67.4 Å². The molecular weight excluding hydrogens is 284 g/mol. The lowest BCUT2D eigenvalue weighted by molar-refractivity contribution is -0.0615. The standard InChI is InChI=1S/C16H24N2O2S/c1-3-13(19-6-1)9-18-5-7-20-16-12-17(11-15(16)18)10-14-4-2-8-21-14/h2,4,8,13,15-16H,1,3,5-7,9-12H2/t13?,15-,16+/m1/s1. The lowest BCUT2D eigenvalue weighted by Gasteiger charge is -2.38. The third-order valence-electron chi connectivity index (χ3n) is 4.91. The van der Waals surface area contributed by atoms with Crippen LogP contribution in [0.5, 0.6) is 0 Å². The highest BCUT2D eigenvalue weighted by Crippen LogP contribution is 2.26. The number of hydrogen-bond acceptors (Lipinski definition) is 5. The van der Waals surface area contributed by atoms with Crippen LogP contribution in [0.25, 0.3) is 0 Å². The van der Waals surface area contributed by atoms with E-state index >= 15 is 0 Å². The van der Waals surface area contributed by atoms with Crippen molar-refractivity contribution in [2.45, 2.75) is 37.6 Å². The Hall–Kier alpha value is -0.460. The van der Waals surface area contributed by atoms with E-state index in [2.05, 4.69) is 27.3 Å². The van der Waals surface area contributed by atoms with Crippen molar-refractivity contribution < 1.29 is 9.47 Å². The van der Waals surface area contributed by atoms with Gasteiger partial charge in [-0.3, -0.25) is 9.80 Å². The van der Waals surface area contributed by atoms with Crippen molar-refractivity contribution in [3.8, 4) is 0 Å². The smallest absolute Gasteiger partial charge is 0.0870 e. The van der Waals surface area contributed by atoms with Gasteiger partial charge in [0.05, 0.1) is 18.8 Å². The van der Waals surface area contributed by atoms with Crippen molar-refractivity contribution >= 4 is 11.3 Å². The molecule has 0 N–H and O–H groups in total. The number of ether oxygens (including phenoxy) is 2. The molecule has 4 heterocycles. The van der Waals surface area contributed by atoms with Crippen molar-refractivity contribution in [2.24, 2.45) is 0 Å². The molecule has 21 heavy (non-hydrogen) atoms. The first-order chi connectivity index (χ1) is 10.4. The zero-order valence-corrected chi connectivity index (χ0v) is 13.3. The summed E-state index contributed by atoms with van der Waals surface area (Å²) >= 11 is 1.85. The maximum absolute atomic E-state index is 6.03. The van der Waals surface area contributed by atoms with E-state index in [1.54, 1.807) is 0 Å². The number of rotatable bonds is 4. The molecule has 116 valence electrons. The topological polar surface area (TPSA) is 24.9 Å². The van der Waals surface area contributed by atoms with E-state index in [1.165, 1.54) is 17.7 Å². The molecule has 1 aromatic rings. The average molecular weight is 308 g/mol. The highest BCUT2D eigenvalue weighted by atomic mass is 32.1. The van der Waals surface area contributed by atoms with Crippen LogP contribution in [0.3, 0.4) is 0 Å². The summed E-state index contributed by atoms with van der Waals surface area (Å²) in [5, 5.41) is 2.17. The molecule has 0 aliphatic carbocycles. The third-order valence-corrected chi connectivity index (χ3v) is 5.77. The number of hydrogen-bond donors (Lipinski definition) is 0. The fourth-order valence-corrected chi connectivity index (χ4v) is 4.61. The van der Waals surface area contributed by atoms with Crippen LogP contribution in [0.15, 0.2) is 17.5 Å². The van der Waals surface area contributed by atoms with Crippen molar-refractivity contribution in [1.82, 2.24) is 9.80 Å². The number of likely N-dealkylation sites (tertiary alicyclic amines) is 1. The Kier molecular flexibility index (Phi) is 4.27. The predicted molar refractivity (Wildman–Crippen MR) is 83.7 cm³/mol. The van der Waals surface area contributed by atoms with Crippen LogP contribution in [0.4, 0.5) is 0 Å². The highest BCUT2D eigenvalue weighted by molar-refractivity contribution is 7.09. The molecule has 4 nitrogen and oxygen atoms in total. The summed E-state index contributed by atoms with van der Waals surface area (Å²) in [6.07, 6.45) is 3.30. The molecule has 1 unspecified atom stereocenters. The van der Waals surface area contributed by atoms with Gasteiger partial charge in [-0.05, 0) is 24.3 Å². The number of nitrogens with zero attached hydrogens (tertiary/aromatic N) is 2. The van der Waals surface area contributed by atoms with Crippen molar-refractivity contribution in [2.75, 3.05) is 39.4 Å². The van der Waals surface area contributed by atoms with Gasteiger partial charge in [-0.2, -0.15) is 0 Å². The molecule has 0 radical (unpaired) electrons. The van der Waals surface area contributed by atoms with Gasteiger partial charge in [0.2, 0.25) is 0 Å². The molecule has 0 bridgehead atoms. The summed E-state index contributed by atoms with van der Waals surface area (Å²) in [5.74, 6) is 0. The van der Waals surface area contributed by atoms with E-state index in [4.69, 9.17) is 9.47 Å². The average Bonchev–Trinajstić information content (AvgIpc) is 3.20. The minimum atomic E-state index is 0.389. The summed E-state index contributed by atoms with van der Waals surface area (Å²) in [5.41, 5.74) is 0. The molecule has 3 atom stereocenters. The Morgan fingerprint density at radius 2 is 2.24 bits per heavy atom. The molecule has 0 saturated carbocycles. The molecule has 3 saturated heterocycles. The predicted octanol–water partition coefficient (Wildman–Crippen LogP) is 1.81. The van der Waals surface area contributed by atoms with E-state index in [1.807, 2.05) is 11.3 Å². The summed E-state index contributed by atoms with van der Waals surface area (Å²) in [4.78, 5) is 6.63. The van der Waals surface area contributed by atoms with E-state index in [9.17, 15) is 0 Å². The second kappa shape index (κ2) is 6.34. The highest BCUT2D eigenvalue weighted by Gasteiger charge is 2.40. The van der Waals surface area contributed by atoms with E-state index in [-0.39, 0.29) is 0 Å². The summed E-state index contributed by atoms with van der Waals surface area (Å²) in [6, 6.07) is 4.93. The van der Waals surface area contributed by atoms with Crippen LogP contribution in [-0.2, 0) is 16.0 Å². The lowest BCUT2D eigenvalue weighted by atomic mass is 10.1. The van der Waals surface area contributed by atoms with Gasteiger partial charge in [-0.15, -0.1) is 11.3 Å². The first-order valence-corrected chi connectivity index (χ1v) is 8.98. The van der Waals surface area contributed by atoms with Gasteiger partial charge in [-0.25, -0.2) is 0 Å². The first kappa shape index (κ1) is 14.2. The van der Waals surface area contributed by atoms with Crippen molar-refractivity contribution in [3.05, 3.63) is 22.4 Å². The fraction of sp³-hybridized carbons (Fsp3) is 0.750. The van der Waals surface area contributed by atoms with Gasteiger partial charge in [0.15, 0.2) is 0 Å². The largest absolute Gasteiger partial charge is 0.377 e. The Labute approximate surface area is 130 Å². The third kappa shape index (κ3) is 3.17. The summed E-state index contributed by atoms with van der Waals surface area (Å²) in [7, 11) is 0. The maximum atomic E-state index is 6.03. The Morgan fingerprint density at radius 1 is 1.24 bits per heavy atom.